The van der Waals surface area contributed by atoms with Crippen LogP contribution in [0.1, 0.15) is 29.8 Å². The van der Waals surface area contributed by atoms with Crippen LogP contribution >= 0.6 is 0 Å². The fourth-order valence-electron chi connectivity index (χ4n) is 4.42. The Kier molecular flexibility index (Phi) is 5.20. The zero-order valence-corrected chi connectivity index (χ0v) is 18.4. The fraction of sp³-hybridized carbons (Fsp3) is 0.348. The monoisotopic (exact) mass is 448 g/mol. The number of fused-ring (bicyclic) bond motifs is 1. The summed E-state index contributed by atoms with van der Waals surface area (Å²) in [7, 11) is 1.56. The molecule has 1 atom stereocenters. The Hall–Kier alpha value is -3.95. The summed E-state index contributed by atoms with van der Waals surface area (Å²) < 4.78 is 6.67. The predicted molar refractivity (Wildman–Crippen MR) is 121 cm³/mol. The van der Waals surface area contributed by atoms with Gasteiger partial charge >= 0.3 is 0 Å². The average molecular weight is 448 g/mol. The SMILES string of the molecule is COc1cccc(N2C[C@H](C(=O)Nc3cc(C)nn3-c3nc4c(c(=O)[nH]3)CCC4)CC2=O)c1. The molecule has 10 nitrogen and oxygen atoms in total. The molecule has 2 aliphatic rings. The lowest BCUT2D eigenvalue weighted by Gasteiger charge is -2.17. The lowest BCUT2D eigenvalue weighted by atomic mass is 10.1. The van der Waals surface area contributed by atoms with Crippen LogP contribution < -0.4 is 20.5 Å². The molecule has 33 heavy (non-hydrogen) atoms. The van der Waals surface area contributed by atoms with E-state index in [1.807, 2.05) is 6.07 Å². The first kappa shape index (κ1) is 20.9. The topological polar surface area (TPSA) is 122 Å². The number of carbonyl (C=O) groups is 2. The van der Waals surface area contributed by atoms with E-state index >= 15 is 0 Å². The Morgan fingerprint density at radius 3 is 2.91 bits per heavy atom. The average Bonchev–Trinajstić information content (AvgIpc) is 3.52. The van der Waals surface area contributed by atoms with Gasteiger partial charge in [-0.1, -0.05) is 6.07 Å². The molecule has 5 rings (SSSR count). The Morgan fingerprint density at radius 1 is 1.24 bits per heavy atom. The Labute approximate surface area is 189 Å². The number of benzene rings is 1. The van der Waals surface area contributed by atoms with Gasteiger partial charge in [-0.2, -0.15) is 9.78 Å². The summed E-state index contributed by atoms with van der Waals surface area (Å²) in [6, 6.07) is 8.90. The molecule has 0 saturated carbocycles. The van der Waals surface area contributed by atoms with E-state index in [9.17, 15) is 14.4 Å². The molecule has 1 aliphatic carbocycles. The lowest BCUT2D eigenvalue weighted by Crippen LogP contribution is -2.29. The molecule has 1 aliphatic heterocycles. The van der Waals surface area contributed by atoms with Crippen molar-refractivity contribution in [1.29, 1.82) is 0 Å². The van der Waals surface area contributed by atoms with E-state index in [1.54, 1.807) is 43.2 Å². The van der Waals surface area contributed by atoms with Crippen molar-refractivity contribution in [3.8, 4) is 11.7 Å². The number of amides is 2. The van der Waals surface area contributed by atoms with Crippen molar-refractivity contribution in [2.75, 3.05) is 23.9 Å². The van der Waals surface area contributed by atoms with Crippen molar-refractivity contribution in [3.05, 3.63) is 57.6 Å². The zero-order valence-electron chi connectivity index (χ0n) is 18.4. The van der Waals surface area contributed by atoms with Crippen LogP contribution in [0.5, 0.6) is 5.75 Å². The van der Waals surface area contributed by atoms with E-state index in [0.29, 0.717) is 22.9 Å². The summed E-state index contributed by atoms with van der Waals surface area (Å²) in [5.74, 6) is 0.356. The first-order chi connectivity index (χ1) is 15.9. The summed E-state index contributed by atoms with van der Waals surface area (Å²) >= 11 is 0. The fourth-order valence-corrected chi connectivity index (χ4v) is 4.42. The van der Waals surface area contributed by atoms with Crippen LogP contribution in [-0.2, 0) is 22.4 Å². The number of anilines is 2. The number of hydrogen-bond acceptors (Lipinski definition) is 6. The minimum atomic E-state index is -0.528. The van der Waals surface area contributed by atoms with Gasteiger partial charge in [-0.15, -0.1) is 0 Å². The van der Waals surface area contributed by atoms with Gasteiger partial charge in [0.05, 0.1) is 24.4 Å². The highest BCUT2D eigenvalue weighted by molar-refractivity contribution is 6.03. The molecule has 2 amide bonds. The van der Waals surface area contributed by atoms with Gasteiger partial charge in [-0.3, -0.25) is 19.4 Å². The highest BCUT2D eigenvalue weighted by Crippen LogP contribution is 2.29. The van der Waals surface area contributed by atoms with Gasteiger partial charge in [0.2, 0.25) is 17.8 Å². The van der Waals surface area contributed by atoms with Gasteiger partial charge in [-0.25, -0.2) is 4.98 Å². The van der Waals surface area contributed by atoms with Crippen LogP contribution in [0.25, 0.3) is 5.95 Å². The van der Waals surface area contributed by atoms with E-state index in [1.165, 1.54) is 4.68 Å². The number of rotatable bonds is 5. The molecule has 170 valence electrons. The number of H-pyrrole nitrogens is 1. The molecule has 2 N–H and O–H groups in total. The summed E-state index contributed by atoms with van der Waals surface area (Å²) in [6.07, 6.45) is 2.47. The molecule has 0 unspecified atom stereocenters. The summed E-state index contributed by atoms with van der Waals surface area (Å²) in [4.78, 5) is 47.0. The van der Waals surface area contributed by atoms with Crippen LogP contribution in [0.4, 0.5) is 11.5 Å². The number of nitrogens with zero attached hydrogens (tertiary/aromatic N) is 4. The Bertz CT molecular complexity index is 1310. The Morgan fingerprint density at radius 2 is 2.09 bits per heavy atom. The molecule has 2 aromatic heterocycles. The van der Waals surface area contributed by atoms with Crippen molar-refractivity contribution in [1.82, 2.24) is 19.7 Å². The third-order valence-electron chi connectivity index (χ3n) is 6.07. The second-order valence-electron chi connectivity index (χ2n) is 8.35. The van der Waals surface area contributed by atoms with Gasteiger partial charge in [0, 0.05) is 36.3 Å². The van der Waals surface area contributed by atoms with Gasteiger partial charge in [0.1, 0.15) is 11.6 Å². The van der Waals surface area contributed by atoms with E-state index in [4.69, 9.17) is 4.74 Å². The molecule has 0 radical (unpaired) electrons. The molecule has 1 aromatic carbocycles. The van der Waals surface area contributed by atoms with Gasteiger partial charge in [0.25, 0.3) is 5.56 Å². The van der Waals surface area contributed by atoms with Gasteiger partial charge < -0.3 is 15.0 Å². The van der Waals surface area contributed by atoms with Crippen molar-refractivity contribution in [3.63, 3.8) is 0 Å². The normalized spacial score (nSPS) is 17.3. The maximum absolute atomic E-state index is 13.1. The molecule has 1 saturated heterocycles. The number of ether oxygens (including phenoxy) is 1. The first-order valence-corrected chi connectivity index (χ1v) is 10.9. The van der Waals surface area contributed by atoms with Crippen molar-refractivity contribution >= 4 is 23.3 Å². The molecule has 1 fully saturated rings. The smallest absolute Gasteiger partial charge is 0.255 e. The number of aryl methyl sites for hydroxylation is 2. The third-order valence-corrected chi connectivity index (χ3v) is 6.07. The quantitative estimate of drug-likeness (QED) is 0.613. The Balaban J connectivity index is 1.37. The standard InChI is InChI=1S/C23H24N6O4/c1-13-9-19(29(27-13)23-24-18-8-4-7-17(18)22(32)26-23)25-21(31)14-10-20(30)28(12-14)15-5-3-6-16(11-15)33-2/h3,5-6,9,11,14H,4,7-8,10,12H2,1-2H3,(H,25,31)(H,24,26,32)/t14-/m1/s1. The lowest BCUT2D eigenvalue weighted by molar-refractivity contribution is -0.122. The van der Waals surface area contributed by atoms with Gasteiger partial charge in [-0.05, 0) is 38.3 Å². The van der Waals surface area contributed by atoms with Crippen molar-refractivity contribution in [2.24, 2.45) is 5.92 Å². The third kappa shape index (κ3) is 3.88. The van der Waals surface area contributed by atoms with Crippen molar-refractivity contribution < 1.29 is 14.3 Å². The molecule has 3 aromatic rings. The van der Waals surface area contributed by atoms with Crippen LogP contribution in [0, 0.1) is 12.8 Å². The van der Waals surface area contributed by atoms with E-state index in [2.05, 4.69) is 20.4 Å². The second kappa shape index (κ2) is 8.19. The van der Waals surface area contributed by atoms with Crippen molar-refractivity contribution in [2.45, 2.75) is 32.6 Å². The maximum atomic E-state index is 13.1. The zero-order chi connectivity index (χ0) is 23.1. The van der Waals surface area contributed by atoms with E-state index < -0.39 is 5.92 Å². The maximum Gasteiger partial charge on any atom is 0.255 e. The van der Waals surface area contributed by atoms with E-state index in [-0.39, 0.29) is 36.3 Å². The molecule has 0 bridgehead atoms. The highest BCUT2D eigenvalue weighted by Gasteiger charge is 2.36. The van der Waals surface area contributed by atoms with Crippen LogP contribution in [0.15, 0.2) is 35.1 Å². The number of nitrogens with one attached hydrogen (secondary N) is 2. The minimum Gasteiger partial charge on any atom is -0.497 e. The second-order valence-corrected chi connectivity index (χ2v) is 8.35. The molecular weight excluding hydrogens is 424 g/mol. The highest BCUT2D eigenvalue weighted by atomic mass is 16.5. The predicted octanol–water partition coefficient (Wildman–Crippen LogP) is 1.75. The minimum absolute atomic E-state index is 0.101. The molecular formula is C23H24N6O4. The number of methoxy groups -OCH3 is 1. The van der Waals surface area contributed by atoms with Gasteiger partial charge in [0.15, 0.2) is 0 Å². The summed E-state index contributed by atoms with van der Waals surface area (Å²) in [5, 5.41) is 7.27. The van der Waals surface area contributed by atoms with Crippen LogP contribution in [0.3, 0.4) is 0 Å². The summed E-state index contributed by atoms with van der Waals surface area (Å²) in [5.41, 5.74) is 2.67. The number of hydrogen-bond donors (Lipinski definition) is 2. The largest absolute Gasteiger partial charge is 0.497 e. The number of aromatic nitrogens is 4. The molecule has 0 spiro atoms. The van der Waals surface area contributed by atoms with E-state index in [0.717, 1.165) is 30.5 Å². The first-order valence-electron chi connectivity index (χ1n) is 10.9. The number of carbonyl (C=O) groups excluding carboxylic acids is 2. The molecule has 10 heteroatoms. The van der Waals surface area contributed by atoms with Crippen LogP contribution in [0.2, 0.25) is 0 Å². The summed E-state index contributed by atoms with van der Waals surface area (Å²) in [6.45, 7) is 2.06. The number of aromatic amines is 1. The molecule has 3 heterocycles. The van der Waals surface area contributed by atoms with Crippen LogP contribution in [-0.4, -0.2) is 45.2 Å².